The summed E-state index contributed by atoms with van der Waals surface area (Å²) in [5, 5.41) is 10.8. The van der Waals surface area contributed by atoms with Gasteiger partial charge in [0.15, 0.2) is 4.29 Å². The fraction of sp³-hybridized carbons (Fsp3) is 0.333. The number of anilines is 1. The molecule has 0 spiro atoms. The van der Waals surface area contributed by atoms with Crippen molar-refractivity contribution in [2.45, 2.75) is 17.3 Å². The molecule has 1 N–H and O–H groups in total. The molecule has 1 atom stereocenters. The molecule has 0 fully saturated rings. The summed E-state index contributed by atoms with van der Waals surface area (Å²) >= 11 is 13.0. The van der Waals surface area contributed by atoms with Crippen molar-refractivity contribution in [3.05, 3.63) is 27.8 Å². The monoisotopic (exact) mass is 378 g/mol. The van der Waals surface area contributed by atoms with Crippen molar-refractivity contribution in [1.82, 2.24) is 0 Å². The minimum absolute atomic E-state index is 0.0268. The quantitative estimate of drug-likeness (QED) is 0.356. The van der Waals surface area contributed by atoms with Crippen molar-refractivity contribution in [3.8, 4) is 5.75 Å². The summed E-state index contributed by atoms with van der Waals surface area (Å²) in [5.41, 5.74) is -0.286. The Balaban J connectivity index is 3.23. The van der Waals surface area contributed by atoms with Crippen LogP contribution in [0, 0.1) is 17.0 Å². The minimum atomic E-state index is -3.73. The SMILES string of the molecule is Cc1cc(NCl)c([N+](=O)[O-])cc1OC(F)(F)C(Cl)Br. The van der Waals surface area contributed by atoms with Crippen molar-refractivity contribution >= 4 is 50.7 Å². The molecule has 0 saturated heterocycles. The van der Waals surface area contributed by atoms with E-state index >= 15 is 0 Å². The van der Waals surface area contributed by atoms with Crippen LogP contribution < -0.4 is 9.57 Å². The van der Waals surface area contributed by atoms with Crippen molar-refractivity contribution in [3.63, 3.8) is 0 Å². The van der Waals surface area contributed by atoms with Crippen LogP contribution in [0.3, 0.4) is 0 Å². The van der Waals surface area contributed by atoms with Gasteiger partial charge in [-0.1, -0.05) is 27.5 Å². The third-order valence-corrected chi connectivity index (χ3v) is 3.08. The highest BCUT2D eigenvalue weighted by Gasteiger charge is 2.40. The highest BCUT2D eigenvalue weighted by atomic mass is 79.9. The van der Waals surface area contributed by atoms with Gasteiger partial charge in [-0.05, 0) is 18.6 Å². The summed E-state index contributed by atoms with van der Waals surface area (Å²) < 4.78 is 29.3. The van der Waals surface area contributed by atoms with E-state index in [0.29, 0.717) is 0 Å². The molecular formula is C9H7BrCl2F2N2O3. The molecule has 1 rings (SSSR count). The first-order valence-electron chi connectivity index (χ1n) is 4.69. The van der Waals surface area contributed by atoms with E-state index in [1.54, 1.807) is 0 Å². The second kappa shape index (κ2) is 6.06. The molecule has 1 unspecified atom stereocenters. The van der Waals surface area contributed by atoms with Gasteiger partial charge in [-0.15, -0.1) is 0 Å². The first kappa shape index (κ1) is 16.2. The average molecular weight is 380 g/mol. The summed E-state index contributed by atoms with van der Waals surface area (Å²) in [6.45, 7) is 1.43. The molecule has 106 valence electrons. The third kappa shape index (κ3) is 3.80. The van der Waals surface area contributed by atoms with E-state index in [2.05, 4.69) is 25.5 Å². The maximum absolute atomic E-state index is 13.3. The summed E-state index contributed by atoms with van der Waals surface area (Å²) in [4.78, 5) is 12.1. The Hall–Kier alpha value is -0.860. The maximum Gasteiger partial charge on any atom is 0.424 e. The normalized spacial score (nSPS) is 12.9. The molecule has 0 heterocycles. The van der Waals surface area contributed by atoms with Gasteiger partial charge in [0.1, 0.15) is 11.4 Å². The van der Waals surface area contributed by atoms with Crippen molar-refractivity contribution in [1.29, 1.82) is 0 Å². The van der Waals surface area contributed by atoms with Crippen LogP contribution in [0.25, 0.3) is 0 Å². The van der Waals surface area contributed by atoms with Crippen LogP contribution in [0.15, 0.2) is 12.1 Å². The summed E-state index contributed by atoms with van der Waals surface area (Å²) in [6.07, 6.45) is -3.73. The van der Waals surface area contributed by atoms with Gasteiger partial charge in [0.25, 0.3) is 5.69 Å². The predicted molar refractivity (Wildman–Crippen MR) is 71.5 cm³/mol. The van der Waals surface area contributed by atoms with Crippen LogP contribution in [0.2, 0.25) is 0 Å². The molecule has 5 nitrogen and oxygen atoms in total. The minimum Gasteiger partial charge on any atom is -0.430 e. The molecule has 0 bridgehead atoms. The second-order valence-electron chi connectivity index (χ2n) is 3.45. The second-order valence-corrected chi connectivity index (χ2v) is 5.52. The molecule has 0 aromatic heterocycles. The van der Waals surface area contributed by atoms with Crippen LogP contribution in [-0.2, 0) is 0 Å². The molecule has 0 aliphatic carbocycles. The van der Waals surface area contributed by atoms with E-state index in [1.807, 2.05) is 0 Å². The number of hydrogen-bond donors (Lipinski definition) is 1. The van der Waals surface area contributed by atoms with E-state index in [-0.39, 0.29) is 17.0 Å². The van der Waals surface area contributed by atoms with Crippen LogP contribution in [0.1, 0.15) is 5.56 Å². The molecule has 0 amide bonds. The zero-order valence-corrected chi connectivity index (χ0v) is 12.4. The number of benzene rings is 1. The predicted octanol–water partition coefficient (Wildman–Crippen LogP) is 4.40. The van der Waals surface area contributed by atoms with Crippen molar-refractivity contribution in [2.24, 2.45) is 0 Å². The highest BCUT2D eigenvalue weighted by Crippen LogP contribution is 2.37. The number of nitro groups is 1. The summed E-state index contributed by atoms with van der Waals surface area (Å²) in [7, 11) is 0. The van der Waals surface area contributed by atoms with E-state index in [9.17, 15) is 18.9 Å². The number of nitrogens with zero attached hydrogens (tertiary/aromatic N) is 1. The number of aryl methyl sites for hydroxylation is 1. The molecule has 0 aliphatic heterocycles. The fourth-order valence-corrected chi connectivity index (χ4v) is 1.49. The molecule has 10 heteroatoms. The number of nitro benzene ring substituents is 1. The third-order valence-electron chi connectivity index (χ3n) is 2.09. The maximum atomic E-state index is 13.3. The number of hydrogen-bond acceptors (Lipinski definition) is 4. The fourth-order valence-electron chi connectivity index (χ4n) is 1.21. The van der Waals surface area contributed by atoms with Crippen LogP contribution in [0.5, 0.6) is 5.75 Å². The lowest BCUT2D eigenvalue weighted by atomic mass is 10.1. The van der Waals surface area contributed by atoms with Gasteiger partial charge in [-0.25, -0.2) is 0 Å². The standard InChI is InChI=1S/C9H7BrCl2F2N2O3/c1-4-2-5(15-12)6(16(17)18)3-7(4)19-9(13,14)8(10)11/h2-3,8,15H,1H3. The van der Waals surface area contributed by atoms with Gasteiger partial charge in [0.2, 0.25) is 0 Å². The Labute approximate surface area is 125 Å². The van der Waals surface area contributed by atoms with Crippen LogP contribution >= 0.6 is 39.3 Å². The Morgan fingerprint density at radius 1 is 1.58 bits per heavy atom. The zero-order valence-electron chi connectivity index (χ0n) is 9.29. The van der Waals surface area contributed by atoms with Crippen molar-refractivity contribution < 1.29 is 18.4 Å². The molecule has 0 radical (unpaired) electrons. The lowest BCUT2D eigenvalue weighted by Crippen LogP contribution is -2.32. The Kier molecular flexibility index (Phi) is 5.17. The van der Waals surface area contributed by atoms with Gasteiger partial charge in [0.05, 0.1) is 11.0 Å². The number of rotatable bonds is 5. The smallest absolute Gasteiger partial charge is 0.424 e. The van der Waals surface area contributed by atoms with Gasteiger partial charge in [0, 0.05) is 11.8 Å². The van der Waals surface area contributed by atoms with E-state index in [0.717, 1.165) is 6.07 Å². The number of ether oxygens (including phenoxy) is 1. The molecule has 0 aliphatic rings. The number of nitrogens with one attached hydrogen (secondary N) is 1. The zero-order chi connectivity index (χ0) is 14.8. The largest absolute Gasteiger partial charge is 0.430 e. The topological polar surface area (TPSA) is 64.4 Å². The molecule has 19 heavy (non-hydrogen) atoms. The first-order chi connectivity index (χ1) is 8.69. The first-order valence-corrected chi connectivity index (χ1v) is 6.42. The van der Waals surface area contributed by atoms with E-state index in [1.165, 1.54) is 13.0 Å². The molecule has 1 aromatic rings. The van der Waals surface area contributed by atoms with Crippen molar-refractivity contribution in [2.75, 3.05) is 4.84 Å². The van der Waals surface area contributed by atoms with E-state index in [4.69, 9.17) is 23.4 Å². The van der Waals surface area contributed by atoms with E-state index < -0.39 is 21.0 Å². The van der Waals surface area contributed by atoms with Gasteiger partial charge in [-0.3, -0.25) is 15.0 Å². The lowest BCUT2D eigenvalue weighted by molar-refractivity contribution is -0.384. The molecule has 1 aromatic carbocycles. The average Bonchev–Trinajstić information content (AvgIpc) is 2.30. The number of alkyl halides is 4. The summed E-state index contributed by atoms with van der Waals surface area (Å²) in [6, 6.07) is 2.06. The Bertz CT molecular complexity index is 503. The number of halogens is 5. The van der Waals surface area contributed by atoms with Gasteiger partial charge >= 0.3 is 6.11 Å². The van der Waals surface area contributed by atoms with Gasteiger partial charge < -0.3 is 4.74 Å². The Morgan fingerprint density at radius 2 is 2.16 bits per heavy atom. The van der Waals surface area contributed by atoms with Gasteiger partial charge in [-0.2, -0.15) is 8.78 Å². The highest BCUT2D eigenvalue weighted by molar-refractivity contribution is 9.10. The summed E-state index contributed by atoms with van der Waals surface area (Å²) in [5.74, 6) is -0.363. The van der Waals surface area contributed by atoms with Crippen LogP contribution in [-0.4, -0.2) is 15.3 Å². The molecular weight excluding hydrogens is 373 g/mol. The Morgan fingerprint density at radius 3 is 2.58 bits per heavy atom. The lowest BCUT2D eigenvalue weighted by Gasteiger charge is -2.20. The van der Waals surface area contributed by atoms with Crippen LogP contribution in [0.4, 0.5) is 20.2 Å². The molecule has 0 saturated carbocycles.